The number of nitrogens with zero attached hydrogens (tertiary/aromatic N) is 2. The predicted octanol–water partition coefficient (Wildman–Crippen LogP) is 3.79. The van der Waals surface area contributed by atoms with Crippen molar-refractivity contribution in [3.8, 4) is 0 Å². The Labute approximate surface area is 177 Å². The van der Waals surface area contributed by atoms with Gasteiger partial charge in [-0.25, -0.2) is 4.98 Å². The van der Waals surface area contributed by atoms with Crippen LogP contribution in [-0.4, -0.2) is 33.4 Å². The highest BCUT2D eigenvalue weighted by molar-refractivity contribution is 5.81. The summed E-state index contributed by atoms with van der Waals surface area (Å²) in [7, 11) is 0. The van der Waals surface area contributed by atoms with E-state index in [-0.39, 0.29) is 23.6 Å². The second kappa shape index (κ2) is 10.2. The molecule has 0 spiro atoms. The minimum atomic E-state index is -0.352. The van der Waals surface area contributed by atoms with Crippen molar-refractivity contribution in [3.05, 3.63) is 76.3 Å². The second-order valence-corrected chi connectivity index (χ2v) is 7.53. The Morgan fingerprint density at radius 2 is 1.80 bits per heavy atom. The molecular formula is C24H30N4O2. The molecule has 0 saturated carbocycles. The Kier molecular flexibility index (Phi) is 7.36. The van der Waals surface area contributed by atoms with Crippen LogP contribution in [0.25, 0.3) is 10.9 Å². The van der Waals surface area contributed by atoms with E-state index in [1.54, 1.807) is 6.07 Å². The zero-order valence-corrected chi connectivity index (χ0v) is 17.9. The van der Waals surface area contributed by atoms with Crippen LogP contribution in [0.3, 0.4) is 0 Å². The third kappa shape index (κ3) is 5.13. The van der Waals surface area contributed by atoms with Crippen LogP contribution < -0.4 is 10.9 Å². The summed E-state index contributed by atoms with van der Waals surface area (Å²) in [6.07, 6.45) is 1.86. The summed E-state index contributed by atoms with van der Waals surface area (Å²) in [5.41, 5.74) is 1.62. The van der Waals surface area contributed by atoms with Crippen molar-refractivity contribution in [2.75, 3.05) is 6.54 Å². The van der Waals surface area contributed by atoms with Crippen LogP contribution in [0, 0.1) is 0 Å². The molecule has 0 radical (unpaired) electrons. The summed E-state index contributed by atoms with van der Waals surface area (Å²) in [6.45, 7) is 7.07. The van der Waals surface area contributed by atoms with E-state index in [0.717, 1.165) is 18.4 Å². The van der Waals surface area contributed by atoms with Gasteiger partial charge in [-0.2, -0.15) is 0 Å². The number of likely N-dealkylation sites (N-methyl/N-ethyl adjacent to an activating group) is 1. The van der Waals surface area contributed by atoms with Crippen LogP contribution in [0.4, 0.5) is 0 Å². The largest absolute Gasteiger partial charge is 0.348 e. The van der Waals surface area contributed by atoms with E-state index < -0.39 is 0 Å². The molecule has 1 aromatic heterocycles. The van der Waals surface area contributed by atoms with Crippen molar-refractivity contribution in [2.24, 2.45) is 0 Å². The van der Waals surface area contributed by atoms with Gasteiger partial charge in [0.1, 0.15) is 5.82 Å². The summed E-state index contributed by atoms with van der Waals surface area (Å²) in [4.78, 5) is 34.8. The molecule has 2 N–H and O–H groups in total. The lowest BCUT2D eigenvalue weighted by Gasteiger charge is -2.28. The van der Waals surface area contributed by atoms with Gasteiger partial charge in [0.15, 0.2) is 0 Å². The van der Waals surface area contributed by atoms with Crippen molar-refractivity contribution in [1.82, 2.24) is 20.2 Å². The number of aromatic amines is 1. The van der Waals surface area contributed by atoms with E-state index in [9.17, 15) is 9.59 Å². The van der Waals surface area contributed by atoms with Crippen molar-refractivity contribution >= 4 is 16.8 Å². The smallest absolute Gasteiger partial charge is 0.258 e. The van der Waals surface area contributed by atoms with Crippen LogP contribution in [0.15, 0.2) is 59.4 Å². The average Bonchev–Trinajstić information content (AvgIpc) is 2.77. The Hall–Kier alpha value is -2.99. The highest BCUT2D eigenvalue weighted by Gasteiger charge is 2.24. The first-order valence-electron chi connectivity index (χ1n) is 10.6. The zero-order chi connectivity index (χ0) is 21.5. The van der Waals surface area contributed by atoms with E-state index in [2.05, 4.69) is 22.2 Å². The van der Waals surface area contributed by atoms with Gasteiger partial charge in [0.05, 0.1) is 29.5 Å². The number of rotatable bonds is 9. The molecule has 30 heavy (non-hydrogen) atoms. The highest BCUT2D eigenvalue weighted by Crippen LogP contribution is 2.19. The molecule has 0 saturated heterocycles. The number of benzene rings is 2. The Morgan fingerprint density at radius 1 is 1.10 bits per heavy atom. The summed E-state index contributed by atoms with van der Waals surface area (Å²) in [5.74, 6) is 0.538. The summed E-state index contributed by atoms with van der Waals surface area (Å²) < 4.78 is 0. The minimum absolute atomic E-state index is 0.0107. The third-order valence-corrected chi connectivity index (χ3v) is 5.44. The molecule has 2 unspecified atom stereocenters. The maximum atomic E-state index is 13.0. The topological polar surface area (TPSA) is 78.1 Å². The minimum Gasteiger partial charge on any atom is -0.348 e. The maximum Gasteiger partial charge on any atom is 0.258 e. The molecule has 6 heteroatoms. The van der Waals surface area contributed by atoms with Gasteiger partial charge < -0.3 is 10.3 Å². The standard InChI is InChI=1S/C24H30N4O2/c1-4-11-20(18-12-7-6-8-13-18)26-23(29)17(3)28(5-2)16-22-25-21-15-10-9-14-19(21)24(30)27-22/h6-10,12-15,17,20H,4-5,11,16H2,1-3H3,(H,26,29)(H,25,27,30). The fraction of sp³-hybridized carbons (Fsp3) is 0.375. The number of hydrogen-bond acceptors (Lipinski definition) is 4. The van der Waals surface area contributed by atoms with Crippen LogP contribution >= 0.6 is 0 Å². The summed E-state index contributed by atoms with van der Waals surface area (Å²) in [6, 6.07) is 17.0. The van der Waals surface area contributed by atoms with Gasteiger partial charge >= 0.3 is 0 Å². The van der Waals surface area contributed by atoms with Crippen LogP contribution in [0.2, 0.25) is 0 Å². The fourth-order valence-electron chi connectivity index (χ4n) is 3.68. The van der Waals surface area contributed by atoms with Crippen LogP contribution in [0.5, 0.6) is 0 Å². The SMILES string of the molecule is CCCC(NC(=O)C(C)N(CC)Cc1nc2ccccc2c(=O)[nH]1)c1ccccc1. The monoisotopic (exact) mass is 406 g/mol. The molecule has 0 aliphatic heterocycles. The first kappa shape index (κ1) is 21.7. The molecule has 1 heterocycles. The number of carbonyl (C=O) groups excluding carboxylic acids is 1. The number of aromatic nitrogens is 2. The average molecular weight is 407 g/mol. The Morgan fingerprint density at radius 3 is 2.50 bits per heavy atom. The van der Waals surface area contributed by atoms with E-state index >= 15 is 0 Å². The van der Waals surface area contributed by atoms with Crippen molar-refractivity contribution in [2.45, 2.75) is 52.2 Å². The lowest BCUT2D eigenvalue weighted by atomic mass is 10.0. The third-order valence-electron chi connectivity index (χ3n) is 5.44. The van der Waals surface area contributed by atoms with Crippen molar-refractivity contribution in [3.63, 3.8) is 0 Å². The van der Waals surface area contributed by atoms with Gasteiger partial charge in [-0.15, -0.1) is 0 Å². The lowest BCUT2D eigenvalue weighted by Crippen LogP contribution is -2.46. The molecule has 0 aliphatic carbocycles. The number of nitrogens with one attached hydrogen (secondary N) is 2. The number of para-hydroxylation sites is 1. The molecule has 158 valence electrons. The second-order valence-electron chi connectivity index (χ2n) is 7.53. The van der Waals surface area contributed by atoms with Gasteiger partial charge in [0.25, 0.3) is 5.56 Å². The molecule has 0 bridgehead atoms. The summed E-state index contributed by atoms with van der Waals surface area (Å²) >= 11 is 0. The van der Waals surface area contributed by atoms with Crippen LogP contribution in [-0.2, 0) is 11.3 Å². The van der Waals surface area contributed by atoms with Crippen molar-refractivity contribution < 1.29 is 4.79 Å². The van der Waals surface area contributed by atoms with Gasteiger partial charge in [-0.3, -0.25) is 14.5 Å². The number of hydrogen-bond donors (Lipinski definition) is 2. The molecule has 0 fully saturated rings. The zero-order valence-electron chi connectivity index (χ0n) is 17.9. The van der Waals surface area contributed by atoms with E-state index in [1.165, 1.54) is 0 Å². The van der Waals surface area contributed by atoms with E-state index in [1.807, 2.05) is 67.3 Å². The van der Waals surface area contributed by atoms with Gasteiger partial charge in [-0.1, -0.05) is 62.7 Å². The van der Waals surface area contributed by atoms with Gasteiger partial charge in [0, 0.05) is 0 Å². The van der Waals surface area contributed by atoms with E-state index in [4.69, 9.17) is 0 Å². The molecule has 0 aliphatic rings. The Bertz CT molecular complexity index is 1030. The fourth-order valence-corrected chi connectivity index (χ4v) is 3.68. The summed E-state index contributed by atoms with van der Waals surface area (Å²) in [5, 5.41) is 3.77. The number of H-pyrrole nitrogens is 1. The number of fused-ring (bicyclic) bond motifs is 1. The van der Waals surface area contributed by atoms with Gasteiger partial charge in [0.2, 0.25) is 5.91 Å². The molecule has 3 rings (SSSR count). The van der Waals surface area contributed by atoms with Crippen molar-refractivity contribution in [1.29, 1.82) is 0 Å². The number of carbonyl (C=O) groups is 1. The first-order valence-corrected chi connectivity index (χ1v) is 10.6. The lowest BCUT2D eigenvalue weighted by molar-refractivity contribution is -0.126. The first-order chi connectivity index (χ1) is 14.5. The number of amides is 1. The van der Waals surface area contributed by atoms with Crippen LogP contribution in [0.1, 0.15) is 51.0 Å². The molecular weight excluding hydrogens is 376 g/mol. The Balaban J connectivity index is 1.74. The van der Waals surface area contributed by atoms with Gasteiger partial charge in [-0.05, 0) is 37.6 Å². The molecule has 1 amide bonds. The van der Waals surface area contributed by atoms with E-state index in [0.29, 0.717) is 29.8 Å². The molecule has 3 aromatic rings. The predicted molar refractivity (Wildman–Crippen MR) is 120 cm³/mol. The molecule has 6 nitrogen and oxygen atoms in total. The highest BCUT2D eigenvalue weighted by atomic mass is 16.2. The molecule has 2 atom stereocenters. The normalized spacial score (nSPS) is 13.3. The quantitative estimate of drug-likeness (QED) is 0.567. The maximum absolute atomic E-state index is 13.0. The molecule has 2 aromatic carbocycles.